The van der Waals surface area contributed by atoms with Gasteiger partial charge in [-0.25, -0.2) is 4.68 Å². The molecule has 1 unspecified atom stereocenters. The van der Waals surface area contributed by atoms with Gasteiger partial charge in [-0.05, 0) is 51.8 Å². The van der Waals surface area contributed by atoms with Crippen molar-refractivity contribution in [2.75, 3.05) is 23.0 Å². The summed E-state index contributed by atoms with van der Waals surface area (Å²) in [7, 11) is 0. The second-order valence-corrected chi connectivity index (χ2v) is 9.38. The number of allylic oxidation sites excluding steroid dienone is 1. The molecule has 0 fully saturated rings. The number of para-hydroxylation sites is 1. The fourth-order valence-electron chi connectivity index (χ4n) is 4.10. The highest BCUT2D eigenvalue weighted by Crippen LogP contribution is 2.40. The minimum Gasteiger partial charge on any atom is -0.494 e. The van der Waals surface area contributed by atoms with Gasteiger partial charge in [-0.2, -0.15) is 4.98 Å². The van der Waals surface area contributed by atoms with Crippen LogP contribution in [0.2, 0.25) is 0 Å². The van der Waals surface area contributed by atoms with Crippen LogP contribution >= 0.6 is 11.8 Å². The SMILES string of the molecule is CCCSc1nc2n(n1)C(c1ccccc1OCC)C(C(=O)Nc1ccc(C)cc1C)=C(C)N2. The molecule has 3 aromatic rings. The van der Waals surface area contributed by atoms with Crippen molar-refractivity contribution in [3.8, 4) is 5.75 Å². The number of nitrogens with zero attached hydrogens (tertiary/aromatic N) is 3. The average Bonchev–Trinajstić information content (AvgIpc) is 3.21. The van der Waals surface area contributed by atoms with E-state index in [-0.39, 0.29) is 5.91 Å². The van der Waals surface area contributed by atoms with Crippen molar-refractivity contribution in [3.05, 3.63) is 70.4 Å². The molecule has 0 spiro atoms. The fraction of sp³-hybridized carbons (Fsp3) is 0.346. The molecule has 4 rings (SSSR count). The third-order valence-electron chi connectivity index (χ3n) is 5.66. The summed E-state index contributed by atoms with van der Waals surface area (Å²) in [6.07, 6.45) is 1.03. The molecule has 0 aliphatic carbocycles. The standard InChI is InChI=1S/C26H31N5O2S/c1-6-14-34-26-29-25-27-18(5)22(24(32)28-20-13-12-16(3)15-17(20)4)23(31(25)30-26)19-10-8-9-11-21(19)33-7-2/h8-13,15,23H,6-7,14H2,1-5H3,(H,28,32)(H,27,29,30). The summed E-state index contributed by atoms with van der Waals surface area (Å²) in [5, 5.41) is 11.9. The van der Waals surface area contributed by atoms with Crippen LogP contribution in [0.15, 0.2) is 58.9 Å². The summed E-state index contributed by atoms with van der Waals surface area (Å²) in [5.74, 6) is 2.09. The van der Waals surface area contributed by atoms with Crippen molar-refractivity contribution in [1.82, 2.24) is 14.8 Å². The Morgan fingerprint density at radius 1 is 1.18 bits per heavy atom. The van der Waals surface area contributed by atoms with E-state index in [0.29, 0.717) is 23.3 Å². The van der Waals surface area contributed by atoms with Gasteiger partial charge in [0.25, 0.3) is 5.91 Å². The van der Waals surface area contributed by atoms with Crippen LogP contribution in [0.5, 0.6) is 5.75 Å². The smallest absolute Gasteiger partial charge is 0.255 e. The minimum absolute atomic E-state index is 0.183. The first kappa shape index (κ1) is 23.9. The number of hydrogen-bond donors (Lipinski definition) is 2. The van der Waals surface area contributed by atoms with Crippen molar-refractivity contribution < 1.29 is 9.53 Å². The molecule has 1 aromatic heterocycles. The van der Waals surface area contributed by atoms with Crippen molar-refractivity contribution in [2.45, 2.75) is 52.2 Å². The molecule has 8 heteroatoms. The quantitative estimate of drug-likeness (QED) is 0.404. The molecular weight excluding hydrogens is 446 g/mol. The van der Waals surface area contributed by atoms with Gasteiger partial charge in [0.15, 0.2) is 0 Å². The molecule has 1 atom stereocenters. The Hall–Kier alpha value is -3.26. The molecule has 1 aliphatic heterocycles. The van der Waals surface area contributed by atoms with Crippen LogP contribution in [-0.2, 0) is 4.79 Å². The number of benzene rings is 2. The number of rotatable bonds is 8. The molecule has 34 heavy (non-hydrogen) atoms. The fourth-order valence-corrected chi connectivity index (χ4v) is 4.79. The van der Waals surface area contributed by atoms with Gasteiger partial charge in [0.1, 0.15) is 11.8 Å². The van der Waals surface area contributed by atoms with Crippen LogP contribution in [0.3, 0.4) is 0 Å². The summed E-state index contributed by atoms with van der Waals surface area (Å²) < 4.78 is 7.75. The maximum Gasteiger partial charge on any atom is 0.255 e. The van der Waals surface area contributed by atoms with Gasteiger partial charge >= 0.3 is 0 Å². The zero-order valence-electron chi connectivity index (χ0n) is 20.3. The monoisotopic (exact) mass is 477 g/mol. The second kappa shape index (κ2) is 10.3. The molecular formula is C26H31N5O2S. The van der Waals surface area contributed by atoms with Gasteiger partial charge in [-0.1, -0.05) is 54.6 Å². The Bertz CT molecular complexity index is 1230. The Kier molecular flexibility index (Phi) is 7.26. The van der Waals surface area contributed by atoms with E-state index in [1.807, 2.05) is 64.1 Å². The molecule has 2 N–H and O–H groups in total. The molecule has 0 saturated heterocycles. The van der Waals surface area contributed by atoms with E-state index >= 15 is 0 Å². The zero-order chi connectivity index (χ0) is 24.2. The lowest BCUT2D eigenvalue weighted by Gasteiger charge is -2.29. The van der Waals surface area contributed by atoms with E-state index in [9.17, 15) is 4.79 Å². The van der Waals surface area contributed by atoms with Crippen LogP contribution in [0.1, 0.15) is 49.9 Å². The van der Waals surface area contributed by atoms with Gasteiger partial charge in [-0.3, -0.25) is 4.79 Å². The largest absolute Gasteiger partial charge is 0.494 e. The van der Waals surface area contributed by atoms with Gasteiger partial charge in [-0.15, -0.1) is 5.10 Å². The minimum atomic E-state index is -0.478. The van der Waals surface area contributed by atoms with Gasteiger partial charge in [0, 0.05) is 22.7 Å². The first-order chi connectivity index (χ1) is 16.4. The van der Waals surface area contributed by atoms with E-state index in [0.717, 1.165) is 46.0 Å². The molecule has 178 valence electrons. The third kappa shape index (κ3) is 4.82. The Balaban J connectivity index is 1.80. The highest BCUT2D eigenvalue weighted by Gasteiger charge is 2.36. The summed E-state index contributed by atoms with van der Waals surface area (Å²) in [6.45, 7) is 10.5. The van der Waals surface area contributed by atoms with Gasteiger partial charge in [0.05, 0.1) is 12.2 Å². The maximum absolute atomic E-state index is 13.7. The molecule has 0 saturated carbocycles. The van der Waals surface area contributed by atoms with E-state index in [2.05, 4.69) is 28.6 Å². The number of carbonyl (C=O) groups is 1. The number of thioether (sulfide) groups is 1. The molecule has 2 heterocycles. The number of amides is 1. The highest BCUT2D eigenvalue weighted by atomic mass is 32.2. The molecule has 7 nitrogen and oxygen atoms in total. The Morgan fingerprint density at radius 3 is 2.71 bits per heavy atom. The molecule has 1 aliphatic rings. The summed E-state index contributed by atoms with van der Waals surface area (Å²) >= 11 is 1.61. The predicted molar refractivity (Wildman–Crippen MR) is 138 cm³/mol. The van der Waals surface area contributed by atoms with Crippen LogP contribution in [0, 0.1) is 13.8 Å². The lowest BCUT2D eigenvalue weighted by molar-refractivity contribution is -0.113. The number of carbonyl (C=O) groups excluding carboxylic acids is 1. The summed E-state index contributed by atoms with van der Waals surface area (Å²) in [5.41, 5.74) is 5.15. The summed E-state index contributed by atoms with van der Waals surface area (Å²) in [4.78, 5) is 18.4. The lowest BCUT2D eigenvalue weighted by Crippen LogP contribution is -2.32. The topological polar surface area (TPSA) is 81.1 Å². The van der Waals surface area contributed by atoms with Crippen LogP contribution in [0.25, 0.3) is 0 Å². The second-order valence-electron chi connectivity index (χ2n) is 8.32. The molecule has 1 amide bonds. The number of nitrogens with one attached hydrogen (secondary N) is 2. The Morgan fingerprint density at radius 2 is 1.97 bits per heavy atom. The van der Waals surface area contributed by atoms with E-state index in [4.69, 9.17) is 9.84 Å². The lowest BCUT2D eigenvalue weighted by atomic mass is 9.94. The number of hydrogen-bond acceptors (Lipinski definition) is 6. The van der Waals surface area contributed by atoms with Crippen LogP contribution in [-0.4, -0.2) is 33.0 Å². The van der Waals surface area contributed by atoms with E-state index in [1.54, 1.807) is 16.4 Å². The van der Waals surface area contributed by atoms with Gasteiger partial charge in [0.2, 0.25) is 11.1 Å². The van der Waals surface area contributed by atoms with Crippen molar-refractivity contribution in [3.63, 3.8) is 0 Å². The number of aromatic nitrogens is 3. The van der Waals surface area contributed by atoms with Gasteiger partial charge < -0.3 is 15.4 Å². The first-order valence-electron chi connectivity index (χ1n) is 11.6. The van der Waals surface area contributed by atoms with Crippen molar-refractivity contribution in [1.29, 1.82) is 0 Å². The number of anilines is 2. The molecule has 0 bridgehead atoms. The zero-order valence-corrected chi connectivity index (χ0v) is 21.1. The first-order valence-corrected chi connectivity index (χ1v) is 12.6. The normalized spacial score (nSPS) is 15.0. The molecule has 0 radical (unpaired) electrons. The number of aryl methyl sites for hydroxylation is 2. The van der Waals surface area contributed by atoms with Crippen molar-refractivity contribution in [2.24, 2.45) is 0 Å². The molecule has 2 aromatic carbocycles. The van der Waals surface area contributed by atoms with E-state index in [1.165, 1.54) is 0 Å². The average molecular weight is 478 g/mol. The predicted octanol–water partition coefficient (Wildman–Crippen LogP) is 5.72. The third-order valence-corrected chi connectivity index (χ3v) is 6.70. The number of fused-ring (bicyclic) bond motifs is 1. The van der Waals surface area contributed by atoms with E-state index < -0.39 is 6.04 Å². The van der Waals surface area contributed by atoms with Crippen LogP contribution in [0.4, 0.5) is 11.6 Å². The number of ether oxygens (including phenoxy) is 1. The highest BCUT2D eigenvalue weighted by molar-refractivity contribution is 7.99. The van der Waals surface area contributed by atoms with Crippen LogP contribution < -0.4 is 15.4 Å². The maximum atomic E-state index is 13.7. The Labute approximate surface area is 205 Å². The summed E-state index contributed by atoms with van der Waals surface area (Å²) in [6, 6.07) is 13.3. The van der Waals surface area contributed by atoms with Crippen molar-refractivity contribution >= 4 is 29.3 Å².